The first-order valence-electron chi connectivity index (χ1n) is 7.37. The Morgan fingerprint density at radius 1 is 1.17 bits per heavy atom. The third-order valence-electron chi connectivity index (χ3n) is 3.90. The van der Waals surface area contributed by atoms with E-state index in [4.69, 9.17) is 4.42 Å². The third kappa shape index (κ3) is 3.63. The monoisotopic (exact) mass is 374 g/mol. The fourth-order valence-electron chi connectivity index (χ4n) is 2.59. The summed E-state index contributed by atoms with van der Waals surface area (Å²) in [5.74, 6) is 0.0880. The van der Waals surface area contributed by atoms with Crippen LogP contribution in [0.25, 0.3) is 11.0 Å². The lowest BCUT2D eigenvalue weighted by molar-refractivity contribution is -0.707. The topological polar surface area (TPSA) is 67.0 Å². The van der Waals surface area contributed by atoms with Crippen LogP contribution >= 0.6 is 15.9 Å². The quantitative estimate of drug-likeness (QED) is 0.689. The van der Waals surface area contributed by atoms with Crippen molar-refractivity contribution in [2.24, 2.45) is 0 Å². The molecule has 0 saturated heterocycles. The van der Waals surface area contributed by atoms with Gasteiger partial charge in [0.1, 0.15) is 23.9 Å². The Morgan fingerprint density at radius 2 is 1.91 bits per heavy atom. The Labute approximate surface area is 141 Å². The van der Waals surface area contributed by atoms with Crippen LogP contribution in [0.2, 0.25) is 0 Å². The molecule has 0 spiro atoms. The van der Waals surface area contributed by atoms with Gasteiger partial charge in [0.25, 0.3) is 0 Å². The van der Waals surface area contributed by atoms with Crippen LogP contribution in [0.3, 0.4) is 0 Å². The fourth-order valence-corrected chi connectivity index (χ4v) is 2.86. The number of phenolic OH excluding ortho intramolecular Hbond substituents is 1. The number of hydrogen-bond donors (Lipinski definition) is 2. The Morgan fingerprint density at radius 3 is 2.65 bits per heavy atom. The number of aromatic hydroxyl groups is 1. The molecule has 0 unspecified atom stereocenters. The Bertz CT molecular complexity index is 887. The summed E-state index contributed by atoms with van der Waals surface area (Å²) >= 11 is 3.44. The number of quaternary nitrogens is 1. The van der Waals surface area contributed by atoms with Crippen LogP contribution in [0.15, 0.2) is 62.2 Å². The normalized spacial score (nSPS) is 12.4. The summed E-state index contributed by atoms with van der Waals surface area (Å²) in [5, 5.41) is 12.5. The molecule has 0 saturated carbocycles. The van der Waals surface area contributed by atoms with Gasteiger partial charge >= 0.3 is 5.63 Å². The summed E-state index contributed by atoms with van der Waals surface area (Å²) in [5.41, 5.74) is 2.14. The van der Waals surface area contributed by atoms with E-state index in [0.717, 1.165) is 15.4 Å². The summed E-state index contributed by atoms with van der Waals surface area (Å²) < 4.78 is 6.21. The van der Waals surface area contributed by atoms with Crippen molar-refractivity contribution in [3.8, 4) is 5.75 Å². The molecule has 1 atom stereocenters. The minimum absolute atomic E-state index is 0.0880. The van der Waals surface area contributed by atoms with E-state index in [2.05, 4.69) is 40.3 Å². The number of nitrogens with two attached hydrogens (primary N) is 1. The maximum absolute atomic E-state index is 11.7. The highest BCUT2D eigenvalue weighted by Gasteiger charge is 2.12. The molecule has 0 amide bonds. The van der Waals surface area contributed by atoms with Crippen LogP contribution in [0.5, 0.6) is 5.75 Å². The van der Waals surface area contributed by atoms with E-state index in [0.29, 0.717) is 12.1 Å². The van der Waals surface area contributed by atoms with E-state index in [9.17, 15) is 9.90 Å². The molecule has 118 valence electrons. The summed E-state index contributed by atoms with van der Waals surface area (Å²) in [7, 11) is 0. The second-order valence-corrected chi connectivity index (χ2v) is 6.47. The standard InChI is InChI=1S/C18H16BrNO3/c1-11(12-2-4-14(19)5-3-12)20-10-13-8-18(22)23-17-9-15(21)6-7-16(13)17/h2-9,11,20-21H,10H2,1H3/p+1/t11-/m0/s1. The summed E-state index contributed by atoms with van der Waals surface area (Å²) in [6.45, 7) is 2.78. The van der Waals surface area contributed by atoms with Gasteiger partial charge < -0.3 is 14.8 Å². The van der Waals surface area contributed by atoms with Gasteiger partial charge in [-0.15, -0.1) is 0 Å². The van der Waals surface area contributed by atoms with Gasteiger partial charge in [0.15, 0.2) is 0 Å². The van der Waals surface area contributed by atoms with Crippen molar-refractivity contribution in [3.05, 3.63) is 74.6 Å². The second kappa shape index (κ2) is 6.56. The van der Waals surface area contributed by atoms with Gasteiger partial charge in [-0.25, -0.2) is 4.79 Å². The zero-order valence-electron chi connectivity index (χ0n) is 12.6. The molecule has 0 aliphatic carbocycles. The first-order chi connectivity index (χ1) is 11.0. The number of benzene rings is 2. The molecule has 23 heavy (non-hydrogen) atoms. The largest absolute Gasteiger partial charge is 0.508 e. The molecule has 0 fully saturated rings. The highest BCUT2D eigenvalue weighted by atomic mass is 79.9. The van der Waals surface area contributed by atoms with Crippen molar-refractivity contribution in [2.45, 2.75) is 19.5 Å². The highest BCUT2D eigenvalue weighted by Crippen LogP contribution is 2.21. The van der Waals surface area contributed by atoms with Gasteiger partial charge in [0, 0.05) is 33.1 Å². The van der Waals surface area contributed by atoms with Crippen LogP contribution < -0.4 is 10.9 Å². The minimum atomic E-state index is -0.400. The number of rotatable bonds is 4. The van der Waals surface area contributed by atoms with E-state index in [1.54, 1.807) is 12.1 Å². The van der Waals surface area contributed by atoms with Gasteiger partial charge in [-0.2, -0.15) is 0 Å². The Balaban J connectivity index is 1.84. The van der Waals surface area contributed by atoms with Gasteiger partial charge in [0.2, 0.25) is 0 Å². The fraction of sp³-hybridized carbons (Fsp3) is 0.167. The maximum atomic E-state index is 11.7. The van der Waals surface area contributed by atoms with Gasteiger partial charge in [0.05, 0.1) is 0 Å². The molecule has 1 heterocycles. The molecule has 4 nitrogen and oxygen atoms in total. The van der Waals surface area contributed by atoms with E-state index < -0.39 is 5.63 Å². The predicted molar refractivity (Wildman–Crippen MR) is 92.3 cm³/mol. The van der Waals surface area contributed by atoms with Crippen molar-refractivity contribution < 1.29 is 14.8 Å². The molecule has 2 aromatic carbocycles. The molecule has 0 bridgehead atoms. The molecule has 1 aromatic heterocycles. The molecular weight excluding hydrogens is 358 g/mol. The van der Waals surface area contributed by atoms with Crippen molar-refractivity contribution in [1.29, 1.82) is 0 Å². The smallest absolute Gasteiger partial charge is 0.336 e. The van der Waals surface area contributed by atoms with Crippen LogP contribution in [0.1, 0.15) is 24.1 Å². The molecular formula is C18H17BrNO3+. The SMILES string of the molecule is C[C@H]([NH2+]Cc1cc(=O)oc2cc(O)ccc12)c1ccc(Br)cc1. The predicted octanol–water partition coefficient (Wildman–Crippen LogP) is 3.09. The number of phenols is 1. The van der Waals surface area contributed by atoms with Crippen LogP contribution in [-0.2, 0) is 6.54 Å². The zero-order valence-corrected chi connectivity index (χ0v) is 14.2. The maximum Gasteiger partial charge on any atom is 0.336 e. The van der Waals surface area contributed by atoms with Crippen molar-refractivity contribution in [1.82, 2.24) is 0 Å². The number of hydrogen-bond acceptors (Lipinski definition) is 3. The second-order valence-electron chi connectivity index (χ2n) is 5.55. The van der Waals surface area contributed by atoms with Crippen molar-refractivity contribution in [2.75, 3.05) is 0 Å². The molecule has 3 aromatic rings. The lowest BCUT2D eigenvalue weighted by Crippen LogP contribution is -2.83. The third-order valence-corrected chi connectivity index (χ3v) is 4.43. The van der Waals surface area contributed by atoms with Crippen molar-refractivity contribution >= 4 is 26.9 Å². The average Bonchev–Trinajstić information content (AvgIpc) is 2.52. The van der Waals surface area contributed by atoms with Gasteiger partial charge in [-0.05, 0) is 31.2 Å². The first-order valence-corrected chi connectivity index (χ1v) is 8.17. The lowest BCUT2D eigenvalue weighted by Gasteiger charge is -2.12. The first kappa shape index (κ1) is 15.8. The number of halogens is 1. The zero-order chi connectivity index (χ0) is 16.4. The summed E-state index contributed by atoms with van der Waals surface area (Å²) in [6.07, 6.45) is 0. The Kier molecular flexibility index (Phi) is 4.50. The van der Waals surface area contributed by atoms with Crippen LogP contribution in [-0.4, -0.2) is 5.11 Å². The minimum Gasteiger partial charge on any atom is -0.508 e. The average molecular weight is 375 g/mol. The summed E-state index contributed by atoms with van der Waals surface area (Å²) in [6, 6.07) is 14.8. The van der Waals surface area contributed by atoms with Crippen LogP contribution in [0, 0.1) is 0 Å². The van der Waals surface area contributed by atoms with Gasteiger partial charge in [-0.3, -0.25) is 0 Å². The Hall–Kier alpha value is -2.11. The molecule has 0 aliphatic rings. The van der Waals surface area contributed by atoms with E-state index in [1.165, 1.54) is 17.7 Å². The molecule has 0 aliphatic heterocycles. The van der Waals surface area contributed by atoms with E-state index >= 15 is 0 Å². The van der Waals surface area contributed by atoms with Crippen molar-refractivity contribution in [3.63, 3.8) is 0 Å². The van der Waals surface area contributed by atoms with E-state index in [1.807, 2.05) is 12.1 Å². The van der Waals surface area contributed by atoms with E-state index in [-0.39, 0.29) is 11.8 Å². The molecule has 3 N–H and O–H groups in total. The molecule has 5 heteroatoms. The highest BCUT2D eigenvalue weighted by molar-refractivity contribution is 9.10. The van der Waals surface area contributed by atoms with Gasteiger partial charge in [-0.1, -0.05) is 28.1 Å². The molecule has 0 radical (unpaired) electrons. The number of fused-ring (bicyclic) bond motifs is 1. The lowest BCUT2D eigenvalue weighted by atomic mass is 10.1. The molecule has 3 rings (SSSR count). The summed E-state index contributed by atoms with van der Waals surface area (Å²) in [4.78, 5) is 11.7. The van der Waals surface area contributed by atoms with Crippen LogP contribution in [0.4, 0.5) is 0 Å².